The zero-order valence-corrected chi connectivity index (χ0v) is 43.6. The Morgan fingerprint density at radius 2 is 0.857 bits per heavy atom. The molecule has 13 heteroatoms. The molecule has 1 N–H and O–H groups in total. The molecule has 0 amide bonds. The first-order valence-corrected chi connectivity index (χ1v) is 32.7. The van der Waals surface area contributed by atoms with Crippen LogP contribution < -0.4 is 0 Å². The van der Waals surface area contributed by atoms with Crippen molar-refractivity contribution in [2.75, 3.05) is 0 Å². The lowest BCUT2D eigenvalue weighted by molar-refractivity contribution is -0.349. The van der Waals surface area contributed by atoms with Gasteiger partial charge in [0.25, 0.3) is 0 Å². The van der Waals surface area contributed by atoms with Crippen LogP contribution in [0.2, 0.25) is 72.5 Å². The summed E-state index contributed by atoms with van der Waals surface area (Å²) in [6.07, 6.45) is -6.91. The van der Waals surface area contributed by atoms with Crippen LogP contribution in [0.3, 0.4) is 0 Å². The Morgan fingerprint density at radius 3 is 1.29 bits per heavy atom. The number of aliphatic hydroxyl groups is 1. The molecule has 0 aliphatic carbocycles. The smallest absolute Gasteiger partial charge is 0.192 e. The Morgan fingerprint density at radius 1 is 0.500 bits per heavy atom. The van der Waals surface area contributed by atoms with Gasteiger partial charge >= 0.3 is 0 Å². The lowest BCUT2D eigenvalue weighted by atomic mass is 9.97. The molecule has 326 valence electrons. The van der Waals surface area contributed by atoms with Gasteiger partial charge in [0.15, 0.2) is 45.8 Å². The van der Waals surface area contributed by atoms with Crippen molar-refractivity contribution in [1.29, 1.82) is 0 Å². The predicted molar refractivity (Wildman–Crippen MR) is 239 cm³/mol. The van der Waals surface area contributed by atoms with Crippen LogP contribution in [0.15, 0.2) is 30.3 Å². The Bertz CT molecular complexity index is 1390. The topological polar surface area (TPSA) is 94.1 Å². The van der Waals surface area contributed by atoms with Gasteiger partial charge in [-0.1, -0.05) is 113 Å². The molecule has 0 aromatic heterocycles. The fourth-order valence-corrected chi connectivity index (χ4v) is 11.2. The van der Waals surface area contributed by atoms with Crippen molar-refractivity contribution in [3.05, 3.63) is 35.9 Å². The third-order valence-electron chi connectivity index (χ3n) is 14.0. The fourth-order valence-electron chi connectivity index (χ4n) is 5.92. The first-order valence-electron chi connectivity index (χ1n) is 21.0. The van der Waals surface area contributed by atoms with Gasteiger partial charge in [0.1, 0.15) is 30.5 Å². The lowest BCUT2D eigenvalue weighted by Crippen LogP contribution is -2.69. The molecule has 0 unspecified atom stereocenters. The first-order chi connectivity index (χ1) is 25.0. The molecule has 2 fully saturated rings. The summed E-state index contributed by atoms with van der Waals surface area (Å²) in [7, 11) is -9.68. The summed E-state index contributed by atoms with van der Waals surface area (Å²) in [6.45, 7) is 48.9. The van der Waals surface area contributed by atoms with E-state index in [1.807, 2.05) is 32.0 Å². The number of hydrogen-bond donors (Lipinski definition) is 1. The maximum Gasteiger partial charge on any atom is 0.192 e. The van der Waals surface area contributed by atoms with Crippen molar-refractivity contribution >= 4 is 33.3 Å². The van der Waals surface area contributed by atoms with Crippen LogP contribution in [0.4, 0.5) is 0 Å². The van der Waals surface area contributed by atoms with Crippen molar-refractivity contribution in [3.63, 3.8) is 0 Å². The molecule has 2 saturated heterocycles. The van der Waals surface area contributed by atoms with E-state index < -0.39 is 94.7 Å². The molecule has 56 heavy (non-hydrogen) atoms. The average Bonchev–Trinajstić information content (AvgIpc) is 3.01. The highest BCUT2D eigenvalue weighted by atomic mass is 28.4. The van der Waals surface area contributed by atoms with Gasteiger partial charge in [-0.25, -0.2) is 0 Å². The Kier molecular flexibility index (Phi) is 15.7. The van der Waals surface area contributed by atoms with Crippen molar-refractivity contribution in [3.8, 4) is 0 Å². The van der Waals surface area contributed by atoms with Gasteiger partial charge in [0.2, 0.25) is 0 Å². The molecule has 3 rings (SSSR count). The van der Waals surface area contributed by atoms with Gasteiger partial charge in [-0.2, -0.15) is 0 Å². The summed E-state index contributed by atoms with van der Waals surface area (Å²) in [4.78, 5) is 0. The number of aliphatic hydroxyl groups excluding tert-OH is 1. The second-order valence-corrected chi connectivity index (χ2v) is 41.7. The largest absolute Gasteiger partial charge is 0.409 e. The van der Waals surface area contributed by atoms with Crippen LogP contribution in [0.1, 0.15) is 102 Å². The lowest BCUT2D eigenvalue weighted by Gasteiger charge is -2.54. The number of hydrogen-bond acceptors (Lipinski definition) is 9. The van der Waals surface area contributed by atoms with Crippen LogP contribution in [0.25, 0.3) is 0 Å². The molecule has 9 nitrogen and oxygen atoms in total. The zero-order valence-electron chi connectivity index (χ0n) is 39.6. The minimum Gasteiger partial charge on any atom is -0.409 e. The molecule has 0 spiro atoms. The summed E-state index contributed by atoms with van der Waals surface area (Å²) >= 11 is 0. The highest BCUT2D eigenvalue weighted by molar-refractivity contribution is 6.75. The van der Waals surface area contributed by atoms with Gasteiger partial charge in [-0.15, -0.1) is 0 Å². The molecule has 1 aromatic carbocycles. The van der Waals surface area contributed by atoms with E-state index >= 15 is 0 Å². The SMILES string of the molecule is C[C@@H]1O[C@@H](O[C@H]2[C@H](O[Si](C)(C)C(C)(C)C)[C@H](OCc3ccccc3)O[C@@H](C)[C@H]2O[Si](C)(C)C(C)(C)C)[C@@H](O[Si](C)(C)C(C)(C)C)[C@H](O)[C@@H]1O[Si](C)(C)C(C)(C)C. The van der Waals surface area contributed by atoms with E-state index in [1.165, 1.54) is 0 Å². The van der Waals surface area contributed by atoms with Gasteiger partial charge in [-0.05, 0) is 91.9 Å². The molecule has 0 bridgehead atoms. The van der Waals surface area contributed by atoms with Crippen LogP contribution >= 0.6 is 0 Å². The number of benzene rings is 1. The summed E-state index contributed by atoms with van der Waals surface area (Å²) in [5, 5.41) is 12.1. The summed E-state index contributed by atoms with van der Waals surface area (Å²) < 4.78 is 56.7. The van der Waals surface area contributed by atoms with Crippen molar-refractivity contribution in [2.24, 2.45) is 0 Å². The zero-order chi connectivity index (χ0) is 43.3. The monoisotopic (exact) mass is 857 g/mol. The van der Waals surface area contributed by atoms with Crippen LogP contribution in [-0.4, -0.2) is 99.8 Å². The Labute approximate surface area is 347 Å². The first kappa shape index (κ1) is 50.1. The maximum atomic E-state index is 12.5. The van der Waals surface area contributed by atoms with E-state index in [0.717, 1.165) is 5.56 Å². The fraction of sp³-hybridized carbons (Fsp3) is 0.860. The molecule has 2 aliphatic rings. The Hall–Kier alpha value is -0.272. The predicted octanol–water partition coefficient (Wildman–Crippen LogP) is 11.0. The molecule has 10 atom stereocenters. The van der Waals surface area contributed by atoms with Crippen molar-refractivity contribution in [2.45, 2.75) is 237 Å². The molecule has 2 heterocycles. The molecular weight excluding hydrogens is 773 g/mol. The molecule has 0 radical (unpaired) electrons. The standard InChI is InChI=1S/C43H84O9Si4/c1-29-33(49-53(15,16)40(3,4)5)32(44)35(51-55(19,20)42(9,10)11)39(47-29)48-36-34(50-54(17,18)41(6,7)8)30(2)46-38(45-28-31-26-24-23-25-27-31)37(36)52-56(21,22)43(12,13)14/h23-27,29-30,32-39,44H,28H2,1-22H3/t29-,30-,32+,33+,34+,35-,36+,37-,38+,39-/m0/s1. The van der Waals surface area contributed by atoms with Crippen molar-refractivity contribution < 1.29 is 41.8 Å². The quantitative estimate of drug-likeness (QED) is 0.195. The van der Waals surface area contributed by atoms with Gasteiger partial charge in [0, 0.05) is 0 Å². The number of ether oxygens (including phenoxy) is 4. The third kappa shape index (κ3) is 11.8. The molecule has 1 aromatic rings. The van der Waals surface area contributed by atoms with E-state index in [4.69, 9.17) is 36.7 Å². The van der Waals surface area contributed by atoms with E-state index in [-0.39, 0.29) is 20.2 Å². The molecule has 0 saturated carbocycles. The molecule has 2 aliphatic heterocycles. The van der Waals surface area contributed by atoms with Gasteiger partial charge in [-0.3, -0.25) is 0 Å². The van der Waals surface area contributed by atoms with Crippen LogP contribution in [-0.2, 0) is 43.3 Å². The third-order valence-corrected chi connectivity index (χ3v) is 31.9. The van der Waals surface area contributed by atoms with E-state index in [9.17, 15) is 5.11 Å². The summed E-state index contributed by atoms with van der Waals surface area (Å²) in [6, 6.07) is 10.1. The summed E-state index contributed by atoms with van der Waals surface area (Å²) in [5.41, 5.74) is 1.04. The van der Waals surface area contributed by atoms with E-state index in [2.05, 4.69) is 148 Å². The van der Waals surface area contributed by atoms with Crippen molar-refractivity contribution in [1.82, 2.24) is 0 Å². The van der Waals surface area contributed by atoms with E-state index in [0.29, 0.717) is 6.61 Å². The summed E-state index contributed by atoms with van der Waals surface area (Å²) in [5.74, 6) is 0. The van der Waals surface area contributed by atoms with Gasteiger partial charge < -0.3 is 41.8 Å². The Balaban J connectivity index is 2.23. The highest BCUT2D eigenvalue weighted by Crippen LogP contribution is 2.46. The van der Waals surface area contributed by atoms with Crippen LogP contribution in [0, 0.1) is 0 Å². The van der Waals surface area contributed by atoms with Gasteiger partial charge in [0.05, 0.1) is 24.9 Å². The molecular formula is C43H84O9Si4. The average molecular weight is 857 g/mol. The van der Waals surface area contributed by atoms with E-state index in [1.54, 1.807) is 0 Å². The number of rotatable bonds is 13. The highest BCUT2D eigenvalue weighted by Gasteiger charge is 2.58. The minimum atomic E-state index is -2.49. The maximum absolute atomic E-state index is 12.5. The normalized spacial score (nSPS) is 30.8. The second-order valence-electron chi connectivity index (χ2n) is 22.7. The van der Waals surface area contributed by atoms with Crippen LogP contribution in [0.5, 0.6) is 0 Å². The minimum absolute atomic E-state index is 0.0643. The second kappa shape index (κ2) is 17.6.